The number of aromatic hydroxyl groups is 1. The molecule has 0 bridgehead atoms. The third-order valence-electron chi connectivity index (χ3n) is 2.88. The molecule has 2 N–H and O–H groups in total. The minimum atomic E-state index is -3.28. The number of carbonyl (C=O) groups is 1. The molecule has 0 aliphatic heterocycles. The van der Waals surface area contributed by atoms with Gasteiger partial charge in [-0.05, 0) is 32.0 Å². The van der Waals surface area contributed by atoms with Crippen molar-refractivity contribution in [1.82, 2.24) is 5.32 Å². The van der Waals surface area contributed by atoms with Gasteiger partial charge in [0, 0.05) is 17.3 Å². The lowest BCUT2D eigenvalue weighted by atomic mass is 10.1. The van der Waals surface area contributed by atoms with Crippen molar-refractivity contribution >= 4 is 31.7 Å². The monoisotopic (exact) mass is 349 g/mol. The van der Waals surface area contributed by atoms with Gasteiger partial charge in [-0.15, -0.1) is 0 Å². The molecule has 1 aromatic carbocycles. The molecule has 1 aromatic rings. The average molecular weight is 350 g/mol. The van der Waals surface area contributed by atoms with Crippen molar-refractivity contribution < 1.29 is 18.3 Å². The van der Waals surface area contributed by atoms with E-state index in [1.807, 2.05) is 0 Å². The second-order valence-corrected chi connectivity index (χ2v) is 8.44. The molecule has 0 heterocycles. The molecule has 1 amide bonds. The van der Waals surface area contributed by atoms with Gasteiger partial charge in [0.1, 0.15) is 5.75 Å². The Morgan fingerprint density at radius 3 is 2.53 bits per heavy atom. The molecule has 19 heavy (non-hydrogen) atoms. The maximum absolute atomic E-state index is 11.9. The van der Waals surface area contributed by atoms with Gasteiger partial charge in [-0.2, -0.15) is 0 Å². The Morgan fingerprint density at radius 2 is 2.00 bits per heavy atom. The first-order valence-electron chi connectivity index (χ1n) is 5.51. The molecular formula is C12H16BrNO4S. The third-order valence-corrected chi connectivity index (χ3v) is 5.53. The van der Waals surface area contributed by atoms with Crippen LogP contribution >= 0.6 is 15.9 Å². The van der Waals surface area contributed by atoms with Gasteiger partial charge in [0.25, 0.3) is 5.91 Å². The highest BCUT2D eigenvalue weighted by Gasteiger charge is 2.30. The fraction of sp³-hybridized carbons (Fsp3) is 0.417. The highest BCUT2D eigenvalue weighted by Crippen LogP contribution is 2.22. The molecule has 0 aliphatic rings. The average Bonchev–Trinajstić information content (AvgIpc) is 2.28. The van der Waals surface area contributed by atoms with Gasteiger partial charge in [0.05, 0.1) is 10.3 Å². The van der Waals surface area contributed by atoms with E-state index < -0.39 is 20.5 Å². The smallest absolute Gasteiger partial charge is 0.255 e. The second-order valence-electron chi connectivity index (χ2n) is 4.88. The zero-order valence-corrected chi connectivity index (χ0v) is 13.3. The van der Waals surface area contributed by atoms with E-state index in [4.69, 9.17) is 0 Å². The van der Waals surface area contributed by atoms with E-state index in [0.717, 1.165) is 6.26 Å². The second kappa shape index (κ2) is 5.50. The Bertz CT molecular complexity index is 596. The Kier molecular flexibility index (Phi) is 4.63. The lowest BCUT2D eigenvalue weighted by Crippen LogP contribution is -2.43. The Balaban J connectivity index is 2.85. The number of halogens is 1. The molecule has 0 spiro atoms. The van der Waals surface area contributed by atoms with Gasteiger partial charge >= 0.3 is 0 Å². The molecule has 0 saturated carbocycles. The summed E-state index contributed by atoms with van der Waals surface area (Å²) < 4.78 is 22.6. The van der Waals surface area contributed by atoms with Gasteiger partial charge in [-0.1, -0.05) is 15.9 Å². The number of phenolic OH excluding ortho intramolecular Hbond substituents is 1. The number of benzene rings is 1. The van der Waals surface area contributed by atoms with Crippen LogP contribution in [0.2, 0.25) is 0 Å². The zero-order valence-electron chi connectivity index (χ0n) is 10.9. The molecule has 0 unspecified atom stereocenters. The number of carbonyl (C=O) groups excluding carboxylic acids is 1. The van der Waals surface area contributed by atoms with Crippen LogP contribution in [0.5, 0.6) is 5.75 Å². The van der Waals surface area contributed by atoms with Crippen LogP contribution < -0.4 is 5.32 Å². The number of nitrogens with one attached hydrogen (secondary N) is 1. The molecule has 0 aliphatic carbocycles. The number of amides is 1. The van der Waals surface area contributed by atoms with Gasteiger partial charge in [-0.3, -0.25) is 4.79 Å². The molecule has 0 saturated heterocycles. The molecular weight excluding hydrogens is 334 g/mol. The zero-order chi connectivity index (χ0) is 14.8. The highest BCUT2D eigenvalue weighted by atomic mass is 79.9. The first-order chi connectivity index (χ1) is 8.54. The van der Waals surface area contributed by atoms with E-state index in [-0.39, 0.29) is 17.9 Å². The van der Waals surface area contributed by atoms with E-state index in [9.17, 15) is 18.3 Å². The molecule has 5 nitrogen and oxygen atoms in total. The number of hydrogen-bond acceptors (Lipinski definition) is 4. The SMILES string of the molecule is CC(C)(CNC(=O)c1cc(Br)ccc1O)S(C)(=O)=O. The summed E-state index contributed by atoms with van der Waals surface area (Å²) in [5.41, 5.74) is 0.0960. The van der Waals surface area contributed by atoms with E-state index in [1.54, 1.807) is 6.07 Å². The van der Waals surface area contributed by atoms with Crippen molar-refractivity contribution in [1.29, 1.82) is 0 Å². The van der Waals surface area contributed by atoms with E-state index in [2.05, 4.69) is 21.2 Å². The number of rotatable bonds is 4. The van der Waals surface area contributed by atoms with Crippen molar-refractivity contribution in [3.05, 3.63) is 28.2 Å². The van der Waals surface area contributed by atoms with E-state index >= 15 is 0 Å². The number of hydrogen-bond donors (Lipinski definition) is 2. The molecule has 0 fully saturated rings. The molecule has 106 valence electrons. The Morgan fingerprint density at radius 1 is 1.42 bits per heavy atom. The Hall–Kier alpha value is -1.08. The Labute approximate surface area is 121 Å². The molecule has 1 rings (SSSR count). The molecule has 0 atom stereocenters. The van der Waals surface area contributed by atoms with Crippen LogP contribution in [-0.4, -0.2) is 37.0 Å². The summed E-state index contributed by atoms with van der Waals surface area (Å²) >= 11 is 3.20. The molecule has 0 radical (unpaired) electrons. The minimum absolute atomic E-state index is 0.0311. The third kappa shape index (κ3) is 3.94. The fourth-order valence-electron chi connectivity index (χ4n) is 1.21. The van der Waals surface area contributed by atoms with Crippen LogP contribution in [-0.2, 0) is 9.84 Å². The van der Waals surface area contributed by atoms with Gasteiger partial charge in [0.15, 0.2) is 9.84 Å². The van der Waals surface area contributed by atoms with Crippen LogP contribution in [0, 0.1) is 0 Å². The maximum Gasteiger partial charge on any atom is 0.255 e. The summed E-state index contributed by atoms with van der Waals surface area (Å²) in [4.78, 5) is 11.9. The van der Waals surface area contributed by atoms with Crippen molar-refractivity contribution in [2.45, 2.75) is 18.6 Å². The summed E-state index contributed by atoms with van der Waals surface area (Å²) in [5, 5.41) is 12.1. The molecule has 0 aromatic heterocycles. The summed E-state index contributed by atoms with van der Waals surface area (Å²) in [6.07, 6.45) is 1.12. The van der Waals surface area contributed by atoms with Crippen molar-refractivity contribution in [2.24, 2.45) is 0 Å². The van der Waals surface area contributed by atoms with Gasteiger partial charge < -0.3 is 10.4 Å². The minimum Gasteiger partial charge on any atom is -0.507 e. The van der Waals surface area contributed by atoms with Crippen molar-refractivity contribution in [2.75, 3.05) is 12.8 Å². The van der Waals surface area contributed by atoms with Crippen LogP contribution in [0.25, 0.3) is 0 Å². The quantitative estimate of drug-likeness (QED) is 0.866. The van der Waals surface area contributed by atoms with Crippen molar-refractivity contribution in [3.63, 3.8) is 0 Å². The first-order valence-corrected chi connectivity index (χ1v) is 8.19. The van der Waals surface area contributed by atoms with E-state index in [0.29, 0.717) is 4.47 Å². The van der Waals surface area contributed by atoms with Gasteiger partial charge in [0.2, 0.25) is 0 Å². The first kappa shape index (κ1) is 16.0. The largest absolute Gasteiger partial charge is 0.507 e. The van der Waals surface area contributed by atoms with Crippen LogP contribution in [0.15, 0.2) is 22.7 Å². The lowest BCUT2D eigenvalue weighted by Gasteiger charge is -2.22. The lowest BCUT2D eigenvalue weighted by molar-refractivity contribution is 0.0948. The summed E-state index contributed by atoms with van der Waals surface area (Å²) in [5.74, 6) is -0.673. The summed E-state index contributed by atoms with van der Waals surface area (Å²) in [7, 11) is -3.28. The standard InChI is InChI=1S/C12H16BrNO4S/c1-12(2,19(3,17)18)7-14-11(16)9-6-8(13)4-5-10(9)15/h4-6,15H,7H2,1-3H3,(H,14,16). The topological polar surface area (TPSA) is 83.5 Å². The predicted molar refractivity (Wildman–Crippen MR) is 77.1 cm³/mol. The molecule has 7 heteroatoms. The van der Waals surface area contributed by atoms with Crippen molar-refractivity contribution in [3.8, 4) is 5.75 Å². The van der Waals surface area contributed by atoms with Crippen LogP contribution in [0.1, 0.15) is 24.2 Å². The fourth-order valence-corrected chi connectivity index (χ4v) is 1.91. The highest BCUT2D eigenvalue weighted by molar-refractivity contribution is 9.10. The normalized spacial score (nSPS) is 12.2. The summed E-state index contributed by atoms with van der Waals surface area (Å²) in [6.45, 7) is 3.03. The van der Waals surface area contributed by atoms with Crippen LogP contribution in [0.4, 0.5) is 0 Å². The van der Waals surface area contributed by atoms with Crippen LogP contribution in [0.3, 0.4) is 0 Å². The van der Waals surface area contributed by atoms with E-state index in [1.165, 1.54) is 26.0 Å². The summed E-state index contributed by atoms with van der Waals surface area (Å²) in [6, 6.07) is 4.46. The predicted octanol–water partition coefficient (Wildman–Crippen LogP) is 1.71. The van der Waals surface area contributed by atoms with Gasteiger partial charge in [-0.25, -0.2) is 8.42 Å². The maximum atomic E-state index is 11.9. The number of sulfone groups is 1. The number of phenols is 1.